The molecule has 0 fully saturated rings. The van der Waals surface area contributed by atoms with E-state index in [0.717, 1.165) is 54.8 Å². The van der Waals surface area contributed by atoms with Crippen LogP contribution in [0.2, 0.25) is 5.02 Å². The third kappa shape index (κ3) is 10.9. The number of pyridine rings is 1. The lowest BCUT2D eigenvalue weighted by Crippen LogP contribution is -2.35. The Morgan fingerprint density at radius 1 is 0.959 bits per heavy atom. The second-order valence-corrected chi connectivity index (χ2v) is 22.0. The number of nitrogens with zero attached hydrogens (tertiary/aromatic N) is 6. The number of anilines is 1. The molecule has 29 heteroatoms. The Balaban J connectivity index is 1.48. The number of carbonyl (C=O) groups is 3. The number of alkyl halides is 8. The van der Waals surface area contributed by atoms with Crippen molar-refractivity contribution in [1.29, 1.82) is 0 Å². The van der Waals surface area contributed by atoms with Crippen LogP contribution in [-0.4, -0.2) is 94.5 Å². The fraction of sp³-hybridized carbons (Fsp3) is 0.341. The SMILES string of the molecule is CC(C)(C#Cc1ccc(-c2ccc(Cl)c3c(N(COC(=O)C(=O)O)S(C)(=O)=O)nn(CC(F)(F)F)c23)c([C@H](Cc2cc(F)cc(F)c2)NC(=O)Cn2nc(C(F)(F)F)c3c2C(F)(F)[C@@H]2C=C=C[C@H]32)n1)S(C)(=O)=O. The molecule has 16 nitrogen and oxygen atoms in total. The summed E-state index contributed by atoms with van der Waals surface area (Å²) < 4.78 is 203. The second-order valence-electron chi connectivity index (χ2n) is 17.1. The van der Waals surface area contributed by atoms with Gasteiger partial charge in [0.1, 0.15) is 40.9 Å². The third-order valence-corrected chi connectivity index (χ3v) is 14.8. The number of nitrogens with one attached hydrogen (secondary N) is 1. The smallest absolute Gasteiger partial charge is 0.435 e. The number of sulfone groups is 1. The largest absolute Gasteiger partial charge is 0.473 e. The highest BCUT2D eigenvalue weighted by molar-refractivity contribution is 7.92. The van der Waals surface area contributed by atoms with E-state index < -0.39 is 166 Å². The Morgan fingerprint density at radius 3 is 2.19 bits per heavy atom. The van der Waals surface area contributed by atoms with Crippen molar-refractivity contribution in [2.75, 3.05) is 23.5 Å². The van der Waals surface area contributed by atoms with E-state index in [1.54, 1.807) is 0 Å². The first-order chi connectivity index (χ1) is 33.6. The van der Waals surface area contributed by atoms with E-state index in [4.69, 9.17) is 16.7 Å². The Hall–Kier alpha value is -6.95. The molecule has 0 aliphatic heterocycles. The predicted molar refractivity (Wildman–Crippen MR) is 237 cm³/mol. The number of amides is 1. The van der Waals surface area contributed by atoms with Crippen molar-refractivity contribution < 1.29 is 85.0 Å². The molecule has 3 aromatic heterocycles. The molecular formula is C44H34ClF10N7O9S2. The lowest BCUT2D eigenvalue weighted by atomic mass is 9.93. The molecule has 0 bridgehead atoms. The fourth-order valence-corrected chi connectivity index (χ4v) is 9.18. The van der Waals surface area contributed by atoms with Gasteiger partial charge in [0, 0.05) is 34.9 Å². The highest BCUT2D eigenvalue weighted by Gasteiger charge is 2.60. The van der Waals surface area contributed by atoms with Gasteiger partial charge in [0.2, 0.25) is 15.9 Å². The first kappa shape index (κ1) is 53.8. The van der Waals surface area contributed by atoms with Crippen molar-refractivity contribution >= 4 is 66.0 Å². The van der Waals surface area contributed by atoms with Gasteiger partial charge in [-0.15, -0.1) is 5.73 Å². The molecule has 73 heavy (non-hydrogen) atoms. The number of rotatable bonds is 13. The van der Waals surface area contributed by atoms with E-state index >= 15 is 8.78 Å². The quantitative estimate of drug-likeness (QED) is 0.0306. The van der Waals surface area contributed by atoms with Crippen LogP contribution in [0.1, 0.15) is 59.7 Å². The maximum Gasteiger partial charge on any atom is 0.435 e. The zero-order valence-electron chi connectivity index (χ0n) is 37.6. The molecule has 0 saturated heterocycles. The first-order valence-electron chi connectivity index (χ1n) is 20.7. The van der Waals surface area contributed by atoms with Crippen molar-refractivity contribution in [2.24, 2.45) is 5.92 Å². The summed E-state index contributed by atoms with van der Waals surface area (Å²) in [5.41, 5.74) is -4.12. The van der Waals surface area contributed by atoms with Crippen LogP contribution < -0.4 is 9.62 Å². The number of benzene rings is 2. The predicted octanol–water partition coefficient (Wildman–Crippen LogP) is 6.96. The van der Waals surface area contributed by atoms with Crippen molar-refractivity contribution in [1.82, 2.24) is 29.9 Å². The zero-order valence-corrected chi connectivity index (χ0v) is 40.0. The Bertz CT molecular complexity index is 3480. The molecule has 0 spiro atoms. The summed E-state index contributed by atoms with van der Waals surface area (Å²) >= 11 is 6.56. The summed E-state index contributed by atoms with van der Waals surface area (Å²) in [6.45, 7) is -2.44. The molecule has 7 rings (SSSR count). The van der Waals surface area contributed by atoms with Gasteiger partial charge in [-0.1, -0.05) is 23.6 Å². The van der Waals surface area contributed by atoms with Crippen molar-refractivity contribution in [3.63, 3.8) is 0 Å². The minimum absolute atomic E-state index is 0.112. The van der Waals surface area contributed by atoms with Gasteiger partial charge in [0.15, 0.2) is 28.1 Å². The van der Waals surface area contributed by atoms with Crippen LogP contribution in [0.25, 0.3) is 22.0 Å². The Kier molecular flexibility index (Phi) is 13.9. The van der Waals surface area contributed by atoms with E-state index in [2.05, 4.69) is 42.8 Å². The molecule has 3 atom stereocenters. The standard InChI is InChI=1S/C44H34ClF10N7O9S2/c1-41(2,72(3,67)68)13-12-24-8-9-25(26-10-11-29(45)33-35(26)61(19-42(48,49)50)59-38(33)62(73(4,69)70)20-71-40(66)39(64)65)34(56-24)30(16-21-14-22(46)17-23(47)15-21)57-31(63)18-60-37-32(36(58-60)44(53,54)55)27-6-5-7-28(27)43(37,51)52/h6-11,14-15,17,27-28,30H,16,18-20H2,1-4H3,(H,57,63)(H,64,65)/t27-,28+,30-/m0/s1. The minimum Gasteiger partial charge on any atom is -0.473 e. The first-order valence-corrected chi connectivity index (χ1v) is 24.8. The molecule has 0 unspecified atom stereocenters. The number of halogens is 11. The van der Waals surface area contributed by atoms with Crippen LogP contribution in [0.4, 0.5) is 49.7 Å². The molecule has 2 aliphatic carbocycles. The lowest BCUT2D eigenvalue weighted by Gasteiger charge is -2.24. The number of carbonyl (C=O) groups excluding carboxylic acids is 2. The van der Waals surface area contributed by atoms with Crippen molar-refractivity contribution in [2.45, 2.75) is 68.3 Å². The molecule has 2 aromatic carbocycles. The number of aliphatic carboxylic acids is 1. The number of sulfonamides is 1. The highest BCUT2D eigenvalue weighted by atomic mass is 35.5. The van der Waals surface area contributed by atoms with Crippen LogP contribution in [-0.2, 0) is 70.6 Å². The number of aromatic nitrogens is 5. The molecule has 3 heterocycles. The van der Waals surface area contributed by atoms with E-state index in [0.29, 0.717) is 12.3 Å². The van der Waals surface area contributed by atoms with Gasteiger partial charge < -0.3 is 15.2 Å². The lowest BCUT2D eigenvalue weighted by molar-refractivity contribution is -0.163. The van der Waals surface area contributed by atoms with Gasteiger partial charge in [-0.05, 0) is 74.2 Å². The zero-order chi connectivity index (χ0) is 54.1. The van der Waals surface area contributed by atoms with Gasteiger partial charge in [-0.2, -0.15) is 45.3 Å². The number of carboxylic acid groups (broad SMARTS) is 1. The van der Waals surface area contributed by atoms with E-state index in [9.17, 15) is 66.3 Å². The maximum absolute atomic E-state index is 16.0. The normalized spacial score (nSPS) is 16.7. The van der Waals surface area contributed by atoms with E-state index in [1.807, 2.05) is 0 Å². The maximum atomic E-state index is 16.0. The average Bonchev–Trinajstić information content (AvgIpc) is 4.01. The molecule has 1 amide bonds. The van der Waals surface area contributed by atoms with Crippen LogP contribution in [0.5, 0.6) is 0 Å². The van der Waals surface area contributed by atoms with Crippen molar-refractivity contribution in [3.8, 4) is 23.0 Å². The van der Waals surface area contributed by atoms with E-state index in [-0.39, 0.29) is 30.5 Å². The average molecular weight is 1090 g/mol. The van der Waals surface area contributed by atoms with Gasteiger partial charge in [0.05, 0.1) is 39.8 Å². The molecule has 2 N–H and O–H groups in total. The van der Waals surface area contributed by atoms with Gasteiger partial charge in [-0.3, -0.25) is 14.2 Å². The Labute approximate surface area is 411 Å². The molecule has 0 radical (unpaired) electrons. The van der Waals surface area contributed by atoms with Crippen molar-refractivity contribution in [3.05, 3.63) is 111 Å². The molecular weight excluding hydrogens is 1060 g/mol. The van der Waals surface area contributed by atoms with Gasteiger partial charge in [0.25, 0.3) is 5.92 Å². The topological polar surface area (TPSA) is 213 Å². The van der Waals surface area contributed by atoms with Crippen LogP contribution in [0, 0.1) is 29.4 Å². The van der Waals surface area contributed by atoms with Gasteiger partial charge >= 0.3 is 24.3 Å². The molecule has 5 aromatic rings. The number of hydrogen-bond donors (Lipinski definition) is 2. The molecule has 2 aliphatic rings. The fourth-order valence-electron chi connectivity index (χ4n) is 8.02. The number of allylic oxidation sites excluding steroid dienone is 1. The Morgan fingerprint density at radius 2 is 1.60 bits per heavy atom. The number of hydrogen-bond acceptors (Lipinski definition) is 11. The third-order valence-electron chi connectivity index (χ3n) is 11.5. The van der Waals surface area contributed by atoms with Crippen LogP contribution in [0.3, 0.4) is 0 Å². The summed E-state index contributed by atoms with van der Waals surface area (Å²) in [5.74, 6) is -11.2. The number of ether oxygens (including phenoxy) is 1. The van der Waals surface area contributed by atoms with Gasteiger partial charge in [-0.25, -0.2) is 44.5 Å². The summed E-state index contributed by atoms with van der Waals surface area (Å²) in [7, 11) is -8.70. The second kappa shape index (κ2) is 18.8. The van der Waals surface area contributed by atoms with E-state index in [1.165, 1.54) is 13.8 Å². The molecule has 388 valence electrons. The monoisotopic (exact) mass is 1090 g/mol. The molecule has 0 saturated carbocycles. The van der Waals surface area contributed by atoms with Crippen LogP contribution in [0.15, 0.2) is 60.3 Å². The van der Waals surface area contributed by atoms with Crippen LogP contribution >= 0.6 is 11.6 Å². The number of fused-ring (bicyclic) bond motifs is 4. The summed E-state index contributed by atoms with van der Waals surface area (Å²) in [5, 5.41) is 17.5. The summed E-state index contributed by atoms with van der Waals surface area (Å²) in [4.78, 5) is 41.9. The number of carboxylic acids is 1. The highest BCUT2D eigenvalue weighted by Crippen LogP contribution is 2.58. The summed E-state index contributed by atoms with van der Waals surface area (Å²) in [6.07, 6.45) is -8.03. The minimum atomic E-state index is -5.31. The summed E-state index contributed by atoms with van der Waals surface area (Å²) in [6, 6.07) is 4.46. The number of esters is 1.